The lowest BCUT2D eigenvalue weighted by atomic mass is 10.2. The largest absolute Gasteiger partial charge is 0.508 e. The van der Waals surface area contributed by atoms with Gasteiger partial charge in [-0.15, -0.1) is 11.3 Å². The first-order valence-electron chi connectivity index (χ1n) is 5.35. The van der Waals surface area contributed by atoms with Crippen molar-refractivity contribution < 1.29 is 5.11 Å². The molecule has 0 aliphatic rings. The number of hydrogen-bond acceptors (Lipinski definition) is 5. The molecule has 1 N–H and O–H groups in total. The average molecular weight is 274 g/mol. The molecule has 90 valence electrons. The van der Waals surface area contributed by atoms with Crippen LogP contribution in [-0.2, 0) is 0 Å². The lowest BCUT2D eigenvalue weighted by molar-refractivity contribution is 0.475. The molecule has 0 aliphatic heterocycles. The van der Waals surface area contributed by atoms with E-state index < -0.39 is 0 Å². The van der Waals surface area contributed by atoms with Gasteiger partial charge in [-0.3, -0.25) is 4.90 Å². The number of anilines is 3. The second-order valence-electron chi connectivity index (χ2n) is 3.65. The van der Waals surface area contributed by atoms with Gasteiger partial charge in [-0.05, 0) is 35.7 Å². The number of rotatable bonds is 3. The molecule has 0 radical (unpaired) electrons. The Bertz CT molecular complexity index is 569. The minimum atomic E-state index is 0.267. The molecule has 1 aromatic carbocycles. The predicted molar refractivity (Wildman–Crippen MR) is 76.3 cm³/mol. The van der Waals surface area contributed by atoms with Crippen molar-refractivity contribution in [2.24, 2.45) is 0 Å². The molecular weight excluding hydrogens is 264 g/mol. The van der Waals surface area contributed by atoms with E-state index in [-0.39, 0.29) is 5.75 Å². The summed E-state index contributed by atoms with van der Waals surface area (Å²) in [6.07, 6.45) is 1.79. The van der Waals surface area contributed by atoms with Gasteiger partial charge in [0.05, 0.1) is 5.69 Å². The molecule has 3 aromatic rings. The van der Waals surface area contributed by atoms with E-state index in [1.807, 2.05) is 22.9 Å². The van der Waals surface area contributed by atoms with E-state index in [1.165, 1.54) is 0 Å². The van der Waals surface area contributed by atoms with Gasteiger partial charge in [0.15, 0.2) is 5.13 Å². The van der Waals surface area contributed by atoms with Crippen LogP contribution in [0.15, 0.2) is 52.7 Å². The standard InChI is InChI=1S/C13H10N2OS2/c16-12-3-1-10(2-4-12)15(11-5-7-17-9-11)13-14-6-8-18-13/h1-9,16H. The molecule has 5 heteroatoms. The zero-order valence-corrected chi connectivity index (χ0v) is 11.0. The zero-order valence-electron chi connectivity index (χ0n) is 9.35. The summed E-state index contributed by atoms with van der Waals surface area (Å²) in [5, 5.41) is 16.4. The number of benzene rings is 1. The van der Waals surface area contributed by atoms with E-state index in [0.717, 1.165) is 16.5 Å². The van der Waals surface area contributed by atoms with Crippen LogP contribution in [0.1, 0.15) is 0 Å². The molecule has 2 aromatic heterocycles. The molecular formula is C13H10N2OS2. The van der Waals surface area contributed by atoms with E-state index in [0.29, 0.717) is 0 Å². The number of phenolic OH excluding ortho intramolecular Hbond substituents is 1. The third-order valence-electron chi connectivity index (χ3n) is 2.48. The summed E-state index contributed by atoms with van der Waals surface area (Å²) in [7, 11) is 0. The molecule has 0 unspecified atom stereocenters. The van der Waals surface area contributed by atoms with Gasteiger partial charge in [0.25, 0.3) is 0 Å². The first-order valence-corrected chi connectivity index (χ1v) is 7.18. The Morgan fingerprint density at radius 3 is 2.44 bits per heavy atom. The summed E-state index contributed by atoms with van der Waals surface area (Å²) >= 11 is 3.23. The Morgan fingerprint density at radius 1 is 1.00 bits per heavy atom. The summed E-state index contributed by atoms with van der Waals surface area (Å²) in [6, 6.07) is 9.19. The molecule has 0 spiro atoms. The van der Waals surface area contributed by atoms with Gasteiger partial charge >= 0.3 is 0 Å². The molecule has 0 saturated heterocycles. The maximum atomic E-state index is 9.37. The van der Waals surface area contributed by atoms with E-state index in [2.05, 4.69) is 21.3 Å². The SMILES string of the molecule is Oc1ccc(N(c2ccsc2)c2nccs2)cc1. The van der Waals surface area contributed by atoms with Gasteiger partial charge in [0, 0.05) is 22.6 Å². The van der Waals surface area contributed by atoms with Crippen LogP contribution in [0.3, 0.4) is 0 Å². The van der Waals surface area contributed by atoms with Crippen molar-refractivity contribution in [1.82, 2.24) is 4.98 Å². The lowest BCUT2D eigenvalue weighted by Crippen LogP contribution is -2.08. The number of aromatic nitrogens is 1. The summed E-state index contributed by atoms with van der Waals surface area (Å²) in [5.41, 5.74) is 2.07. The smallest absolute Gasteiger partial charge is 0.194 e. The normalized spacial score (nSPS) is 10.4. The molecule has 0 saturated carbocycles. The van der Waals surface area contributed by atoms with Crippen LogP contribution >= 0.6 is 22.7 Å². The van der Waals surface area contributed by atoms with Gasteiger partial charge in [0.2, 0.25) is 0 Å². The van der Waals surface area contributed by atoms with Crippen molar-refractivity contribution in [3.8, 4) is 5.75 Å². The minimum absolute atomic E-state index is 0.267. The lowest BCUT2D eigenvalue weighted by Gasteiger charge is -2.20. The second kappa shape index (κ2) is 4.80. The molecule has 0 aliphatic carbocycles. The van der Waals surface area contributed by atoms with E-state index in [1.54, 1.807) is 41.0 Å². The number of hydrogen-bond donors (Lipinski definition) is 1. The monoisotopic (exact) mass is 274 g/mol. The maximum Gasteiger partial charge on any atom is 0.194 e. The van der Waals surface area contributed by atoms with Gasteiger partial charge in [-0.1, -0.05) is 0 Å². The van der Waals surface area contributed by atoms with Crippen molar-refractivity contribution >= 4 is 39.2 Å². The highest BCUT2D eigenvalue weighted by molar-refractivity contribution is 7.13. The Kier molecular flexibility index (Phi) is 3.00. The third kappa shape index (κ3) is 2.10. The van der Waals surface area contributed by atoms with E-state index in [9.17, 15) is 5.11 Å². The summed E-state index contributed by atoms with van der Waals surface area (Å²) in [6.45, 7) is 0. The number of thiophene rings is 1. The quantitative estimate of drug-likeness (QED) is 0.770. The molecule has 3 rings (SSSR count). The van der Waals surface area contributed by atoms with Gasteiger partial charge in [-0.25, -0.2) is 4.98 Å². The summed E-state index contributed by atoms with van der Waals surface area (Å²) in [5.74, 6) is 0.267. The summed E-state index contributed by atoms with van der Waals surface area (Å²) in [4.78, 5) is 6.43. The molecule has 0 fully saturated rings. The number of thiazole rings is 1. The van der Waals surface area contributed by atoms with Crippen molar-refractivity contribution in [3.05, 3.63) is 52.7 Å². The van der Waals surface area contributed by atoms with E-state index >= 15 is 0 Å². The fraction of sp³-hybridized carbons (Fsp3) is 0. The summed E-state index contributed by atoms with van der Waals surface area (Å²) < 4.78 is 0. The molecule has 2 heterocycles. The first kappa shape index (κ1) is 11.3. The highest BCUT2D eigenvalue weighted by atomic mass is 32.1. The van der Waals surface area contributed by atoms with Crippen LogP contribution in [0, 0.1) is 0 Å². The first-order chi connectivity index (χ1) is 8.84. The fourth-order valence-corrected chi connectivity index (χ4v) is 2.98. The minimum Gasteiger partial charge on any atom is -0.508 e. The predicted octanol–water partition coefficient (Wildman–Crippen LogP) is 4.38. The Morgan fingerprint density at radius 2 is 1.83 bits per heavy atom. The van der Waals surface area contributed by atoms with Crippen LogP contribution in [-0.4, -0.2) is 10.1 Å². The van der Waals surface area contributed by atoms with Crippen molar-refractivity contribution in [2.75, 3.05) is 4.90 Å². The molecule has 3 nitrogen and oxygen atoms in total. The molecule has 0 amide bonds. The van der Waals surface area contributed by atoms with Crippen molar-refractivity contribution in [3.63, 3.8) is 0 Å². The Labute approximate surface area is 113 Å². The van der Waals surface area contributed by atoms with Crippen molar-refractivity contribution in [2.45, 2.75) is 0 Å². The van der Waals surface area contributed by atoms with Gasteiger partial charge in [0.1, 0.15) is 5.75 Å². The van der Waals surface area contributed by atoms with Gasteiger partial charge < -0.3 is 5.11 Å². The van der Waals surface area contributed by atoms with Crippen LogP contribution in [0.5, 0.6) is 5.75 Å². The Hall–Kier alpha value is -1.85. The molecule has 0 atom stereocenters. The van der Waals surface area contributed by atoms with Crippen LogP contribution < -0.4 is 4.90 Å². The molecule has 18 heavy (non-hydrogen) atoms. The van der Waals surface area contributed by atoms with Crippen LogP contribution in [0.25, 0.3) is 0 Å². The highest BCUT2D eigenvalue weighted by Crippen LogP contribution is 2.36. The number of aromatic hydroxyl groups is 1. The number of nitrogens with zero attached hydrogens (tertiary/aromatic N) is 2. The Balaban J connectivity index is 2.08. The fourth-order valence-electron chi connectivity index (χ4n) is 1.68. The van der Waals surface area contributed by atoms with E-state index in [4.69, 9.17) is 0 Å². The second-order valence-corrected chi connectivity index (χ2v) is 5.30. The highest BCUT2D eigenvalue weighted by Gasteiger charge is 2.14. The zero-order chi connectivity index (χ0) is 12.4. The van der Waals surface area contributed by atoms with Crippen LogP contribution in [0.4, 0.5) is 16.5 Å². The van der Waals surface area contributed by atoms with Crippen molar-refractivity contribution in [1.29, 1.82) is 0 Å². The van der Waals surface area contributed by atoms with Crippen LogP contribution in [0.2, 0.25) is 0 Å². The van der Waals surface area contributed by atoms with Gasteiger partial charge in [-0.2, -0.15) is 11.3 Å². The topological polar surface area (TPSA) is 36.4 Å². The molecule has 0 bridgehead atoms. The average Bonchev–Trinajstić information content (AvgIpc) is 3.06. The number of phenols is 1. The maximum absolute atomic E-state index is 9.37. The third-order valence-corrected chi connectivity index (χ3v) is 3.91.